The normalized spacial score (nSPS) is 11.1. The van der Waals surface area contributed by atoms with E-state index in [0.717, 1.165) is 0 Å². The molecule has 3 heterocycles. The van der Waals surface area contributed by atoms with Gasteiger partial charge in [0.1, 0.15) is 0 Å². The molecule has 0 fully saturated rings. The third-order valence-corrected chi connectivity index (χ3v) is 6.00. The molecule has 0 aliphatic rings. The smallest absolute Gasteiger partial charge is 0.0595 e. The van der Waals surface area contributed by atoms with Gasteiger partial charge in [-0.05, 0) is 63.1 Å². The Kier molecular flexibility index (Phi) is 13.0. The van der Waals surface area contributed by atoms with Crippen LogP contribution in [0.4, 0.5) is 0 Å². The molecule has 0 radical (unpaired) electrons. The van der Waals surface area contributed by atoms with E-state index in [1.165, 1.54) is 39.2 Å². The molecule has 0 saturated carbocycles. The topological polar surface area (TPSA) is 38.7 Å². The first-order chi connectivity index (χ1) is 12.3. The Bertz CT molecular complexity index is 620. The zero-order chi connectivity index (χ0) is 20.7. The van der Waals surface area contributed by atoms with Crippen LogP contribution in [0.1, 0.15) is 93.3 Å². The van der Waals surface area contributed by atoms with Gasteiger partial charge in [-0.25, -0.2) is 8.75 Å². The van der Waals surface area contributed by atoms with Crippen molar-refractivity contribution in [3.63, 3.8) is 0 Å². The van der Waals surface area contributed by atoms with E-state index in [1.54, 1.807) is 11.5 Å². The van der Waals surface area contributed by atoms with Gasteiger partial charge >= 0.3 is 0 Å². The van der Waals surface area contributed by atoms with Gasteiger partial charge in [0.15, 0.2) is 0 Å². The quantitative estimate of drug-likeness (QED) is 0.340. The van der Waals surface area contributed by atoms with Crippen LogP contribution in [0.25, 0.3) is 0 Å². The summed E-state index contributed by atoms with van der Waals surface area (Å²) in [4.78, 5) is 1.35. The number of rotatable bonds is 0. The highest BCUT2D eigenvalue weighted by molar-refractivity contribution is 7.05. The van der Waals surface area contributed by atoms with Crippen LogP contribution in [0.2, 0.25) is 0 Å². The molecule has 3 aromatic heterocycles. The molecule has 3 nitrogen and oxygen atoms in total. The Labute approximate surface area is 192 Å². The fourth-order valence-corrected chi connectivity index (χ4v) is 3.87. The van der Waals surface area contributed by atoms with Gasteiger partial charge in [-0.2, -0.15) is 4.37 Å². The number of aromatic nitrogens is 3. The summed E-state index contributed by atoms with van der Waals surface area (Å²) in [5.41, 5.74) is 3.29. The Morgan fingerprint density at radius 1 is 0.724 bits per heavy atom. The van der Waals surface area contributed by atoms with Crippen molar-refractivity contribution in [1.82, 2.24) is 13.1 Å². The summed E-state index contributed by atoms with van der Waals surface area (Å²) in [6, 6.07) is 4.15. The minimum atomic E-state index is 0. The van der Waals surface area contributed by atoms with E-state index >= 15 is 0 Å². The first-order valence-electron chi connectivity index (χ1n) is 9.03. The van der Waals surface area contributed by atoms with E-state index in [2.05, 4.69) is 92.9 Å². The minimum absolute atomic E-state index is 0. The molecule has 0 unspecified atom stereocenters. The molecular formula is C23H41N3S3. The van der Waals surface area contributed by atoms with Gasteiger partial charge in [-0.15, -0.1) is 0 Å². The van der Waals surface area contributed by atoms with Crippen LogP contribution in [-0.4, -0.2) is 13.1 Å². The third-order valence-electron chi connectivity index (χ3n) is 3.68. The molecule has 166 valence electrons. The van der Waals surface area contributed by atoms with Crippen LogP contribution in [0.3, 0.4) is 0 Å². The van der Waals surface area contributed by atoms with E-state index < -0.39 is 0 Å². The molecule has 0 saturated heterocycles. The lowest BCUT2D eigenvalue weighted by Crippen LogP contribution is -2.10. The zero-order valence-corrected chi connectivity index (χ0v) is 20.5. The summed E-state index contributed by atoms with van der Waals surface area (Å²) in [5.74, 6) is 0. The molecule has 0 N–H and O–H groups in total. The summed E-state index contributed by atoms with van der Waals surface area (Å²) in [6.45, 7) is 19.7. The maximum atomic E-state index is 4.23. The molecular weight excluding hydrogens is 414 g/mol. The largest absolute Gasteiger partial charge is 0.201 e. The summed E-state index contributed by atoms with van der Waals surface area (Å²) in [7, 11) is 0. The molecule has 0 bridgehead atoms. The van der Waals surface area contributed by atoms with Gasteiger partial charge in [-0.1, -0.05) is 77.2 Å². The van der Waals surface area contributed by atoms with E-state index in [1.807, 2.05) is 17.8 Å². The highest BCUT2D eigenvalue weighted by Crippen LogP contribution is 2.24. The van der Waals surface area contributed by atoms with Crippen LogP contribution in [0.5, 0.6) is 0 Å². The predicted octanol–water partition coefficient (Wildman–Crippen LogP) is 8.59. The third kappa shape index (κ3) is 11.6. The monoisotopic (exact) mass is 455 g/mol. The Balaban J connectivity index is 0. The van der Waals surface area contributed by atoms with Crippen molar-refractivity contribution in [2.45, 2.75) is 93.4 Å². The standard InChI is InChI=1S/3C7H11NS.2CH4/c1-7(2,3)6-4-8-9-5-6;1-7(2,3)6-4-5-9-8-6;1-7(2,3)6-4-5-8-9-6;;/h3*4-5H,1-3H3;2*1H4. The predicted molar refractivity (Wildman–Crippen MR) is 136 cm³/mol. The van der Waals surface area contributed by atoms with E-state index in [4.69, 9.17) is 0 Å². The number of hydrogen-bond donors (Lipinski definition) is 0. The van der Waals surface area contributed by atoms with Gasteiger partial charge in [0.25, 0.3) is 0 Å². The van der Waals surface area contributed by atoms with Gasteiger partial charge in [0, 0.05) is 33.4 Å². The molecule has 0 aliphatic carbocycles. The van der Waals surface area contributed by atoms with E-state index in [-0.39, 0.29) is 31.1 Å². The van der Waals surface area contributed by atoms with E-state index in [0.29, 0.717) is 0 Å². The summed E-state index contributed by atoms with van der Waals surface area (Å²) < 4.78 is 12.3. The molecule has 0 spiro atoms. The lowest BCUT2D eigenvalue weighted by molar-refractivity contribution is 0.576. The minimum Gasteiger partial charge on any atom is -0.201 e. The maximum absolute atomic E-state index is 4.23. The second-order valence-electron chi connectivity index (χ2n) is 9.42. The van der Waals surface area contributed by atoms with Gasteiger partial charge < -0.3 is 0 Å². The summed E-state index contributed by atoms with van der Waals surface area (Å²) in [6.07, 6.45) is 3.79. The molecule has 0 amide bonds. The second kappa shape index (κ2) is 12.6. The van der Waals surface area contributed by atoms with Crippen LogP contribution < -0.4 is 0 Å². The number of hydrogen-bond acceptors (Lipinski definition) is 6. The van der Waals surface area contributed by atoms with Crippen molar-refractivity contribution >= 4 is 34.6 Å². The first kappa shape index (κ1) is 30.1. The molecule has 3 rings (SSSR count). The molecule has 0 aromatic carbocycles. The average Bonchev–Trinajstić information content (AvgIpc) is 3.28. The Hall–Kier alpha value is -1.11. The summed E-state index contributed by atoms with van der Waals surface area (Å²) >= 11 is 4.61. The number of nitrogens with zero attached hydrogens (tertiary/aromatic N) is 3. The molecule has 29 heavy (non-hydrogen) atoms. The fraction of sp³-hybridized carbons (Fsp3) is 0.609. The maximum Gasteiger partial charge on any atom is 0.0595 e. The molecule has 0 aliphatic heterocycles. The van der Waals surface area contributed by atoms with Crippen LogP contribution >= 0.6 is 34.6 Å². The Morgan fingerprint density at radius 3 is 1.55 bits per heavy atom. The highest BCUT2D eigenvalue weighted by atomic mass is 32.1. The molecule has 3 aromatic rings. The van der Waals surface area contributed by atoms with Gasteiger partial charge in [0.2, 0.25) is 0 Å². The van der Waals surface area contributed by atoms with Crippen molar-refractivity contribution in [2.75, 3.05) is 0 Å². The zero-order valence-electron chi connectivity index (χ0n) is 18.0. The highest BCUT2D eigenvalue weighted by Gasteiger charge is 2.15. The van der Waals surface area contributed by atoms with Crippen molar-refractivity contribution < 1.29 is 0 Å². The van der Waals surface area contributed by atoms with Crippen LogP contribution in [0, 0.1) is 0 Å². The average molecular weight is 456 g/mol. The lowest BCUT2D eigenvalue weighted by Gasteiger charge is -2.14. The Morgan fingerprint density at radius 2 is 1.34 bits per heavy atom. The molecule has 0 atom stereocenters. The van der Waals surface area contributed by atoms with Gasteiger partial charge in [0.05, 0.1) is 5.69 Å². The SMILES string of the molecule is C.C.CC(C)(C)c1ccns1.CC(C)(C)c1ccsn1.CC(C)(C)c1cnsc1. The fourth-order valence-electron chi connectivity index (χ4n) is 1.78. The first-order valence-corrected chi connectivity index (χ1v) is 11.5. The van der Waals surface area contributed by atoms with Crippen molar-refractivity contribution in [1.29, 1.82) is 0 Å². The van der Waals surface area contributed by atoms with Crippen molar-refractivity contribution in [2.24, 2.45) is 0 Å². The van der Waals surface area contributed by atoms with Crippen LogP contribution in [0.15, 0.2) is 35.3 Å². The van der Waals surface area contributed by atoms with E-state index in [9.17, 15) is 0 Å². The van der Waals surface area contributed by atoms with Crippen LogP contribution in [-0.2, 0) is 16.2 Å². The van der Waals surface area contributed by atoms with Crippen molar-refractivity contribution in [3.8, 4) is 0 Å². The van der Waals surface area contributed by atoms with Gasteiger partial charge in [-0.3, -0.25) is 0 Å². The molecule has 6 heteroatoms. The van der Waals surface area contributed by atoms with Crippen molar-refractivity contribution in [3.05, 3.63) is 51.4 Å². The lowest BCUT2D eigenvalue weighted by atomic mass is 9.90. The summed E-state index contributed by atoms with van der Waals surface area (Å²) in [5, 5.41) is 4.11. The second-order valence-corrected chi connectivity index (χ2v) is 11.6.